The molecule has 3 rings (SSSR count). The second kappa shape index (κ2) is 8.53. The monoisotopic (exact) mass is 590 g/mol. The molecule has 0 radical (unpaired) electrons. The Hall–Kier alpha value is -1.40. The SMILES string of the molecule is COc1c(I)cc(I)cc1/C=C1\SC(=NC(=O)c2ccccc2)NC1=O. The van der Waals surface area contributed by atoms with E-state index in [2.05, 4.69) is 55.5 Å². The van der Waals surface area contributed by atoms with Crippen molar-refractivity contribution in [1.29, 1.82) is 0 Å². The van der Waals surface area contributed by atoms with Crippen LogP contribution in [0.1, 0.15) is 15.9 Å². The van der Waals surface area contributed by atoms with E-state index in [0.29, 0.717) is 16.2 Å². The average Bonchev–Trinajstić information content (AvgIpc) is 2.94. The van der Waals surface area contributed by atoms with Gasteiger partial charge in [0.15, 0.2) is 5.17 Å². The van der Waals surface area contributed by atoms with E-state index in [9.17, 15) is 9.59 Å². The lowest BCUT2D eigenvalue weighted by atomic mass is 10.2. The van der Waals surface area contributed by atoms with Crippen molar-refractivity contribution in [2.24, 2.45) is 4.99 Å². The van der Waals surface area contributed by atoms with Gasteiger partial charge in [0.05, 0.1) is 15.6 Å². The fraction of sp³-hybridized carbons (Fsp3) is 0.0556. The van der Waals surface area contributed by atoms with Gasteiger partial charge < -0.3 is 10.1 Å². The summed E-state index contributed by atoms with van der Waals surface area (Å²) in [5, 5.41) is 2.90. The summed E-state index contributed by atoms with van der Waals surface area (Å²) in [6.07, 6.45) is 1.75. The van der Waals surface area contributed by atoms with Gasteiger partial charge in [-0.15, -0.1) is 0 Å². The molecular formula is C18H12I2N2O3S. The molecule has 2 aromatic carbocycles. The lowest BCUT2D eigenvalue weighted by Gasteiger charge is -2.08. The van der Waals surface area contributed by atoms with Gasteiger partial charge in [-0.3, -0.25) is 9.59 Å². The Morgan fingerprint density at radius 2 is 1.96 bits per heavy atom. The van der Waals surface area contributed by atoms with E-state index < -0.39 is 5.91 Å². The van der Waals surface area contributed by atoms with E-state index in [-0.39, 0.29) is 11.1 Å². The van der Waals surface area contributed by atoms with Gasteiger partial charge in [0.25, 0.3) is 11.8 Å². The molecule has 132 valence electrons. The summed E-state index contributed by atoms with van der Waals surface area (Å²) in [5.41, 5.74) is 1.28. The van der Waals surface area contributed by atoms with E-state index in [0.717, 1.165) is 24.5 Å². The van der Waals surface area contributed by atoms with Crippen molar-refractivity contribution in [3.8, 4) is 5.75 Å². The van der Waals surface area contributed by atoms with Crippen LogP contribution < -0.4 is 10.1 Å². The van der Waals surface area contributed by atoms with E-state index in [1.54, 1.807) is 37.5 Å². The molecule has 1 heterocycles. The maximum absolute atomic E-state index is 12.2. The van der Waals surface area contributed by atoms with Gasteiger partial charge in [0.1, 0.15) is 5.75 Å². The first-order valence-electron chi connectivity index (χ1n) is 7.40. The number of hydrogen-bond donors (Lipinski definition) is 1. The number of halogens is 2. The van der Waals surface area contributed by atoms with Gasteiger partial charge in [-0.05, 0) is 87.3 Å². The number of methoxy groups -OCH3 is 1. The summed E-state index contributed by atoms with van der Waals surface area (Å²) in [4.78, 5) is 28.9. The normalized spacial score (nSPS) is 16.8. The van der Waals surface area contributed by atoms with Gasteiger partial charge in [-0.1, -0.05) is 18.2 Å². The quantitative estimate of drug-likeness (QED) is 0.428. The predicted molar refractivity (Wildman–Crippen MR) is 120 cm³/mol. The van der Waals surface area contributed by atoms with Crippen LogP contribution in [0.25, 0.3) is 6.08 Å². The Morgan fingerprint density at radius 1 is 1.23 bits per heavy atom. The van der Waals surface area contributed by atoms with Crippen molar-refractivity contribution in [2.75, 3.05) is 7.11 Å². The third kappa shape index (κ3) is 4.46. The highest BCUT2D eigenvalue weighted by molar-refractivity contribution is 14.1. The van der Waals surface area contributed by atoms with Gasteiger partial charge in [0.2, 0.25) is 0 Å². The van der Waals surface area contributed by atoms with Crippen LogP contribution in [0.15, 0.2) is 52.4 Å². The molecule has 1 N–H and O–H groups in total. The second-order valence-corrected chi connectivity index (χ2v) is 8.60. The number of aliphatic imine (C=N–C) groups is 1. The first kappa shape index (κ1) is 19.4. The Kier molecular flexibility index (Phi) is 6.35. The third-order valence-corrected chi connectivity index (χ3v) is 5.74. The van der Waals surface area contributed by atoms with Gasteiger partial charge in [-0.25, -0.2) is 0 Å². The van der Waals surface area contributed by atoms with Gasteiger partial charge in [-0.2, -0.15) is 4.99 Å². The molecule has 1 aliphatic rings. The molecule has 0 atom stereocenters. The van der Waals surface area contributed by atoms with Crippen LogP contribution in [0.2, 0.25) is 0 Å². The molecule has 0 bridgehead atoms. The number of rotatable bonds is 3. The number of amidine groups is 1. The minimum atomic E-state index is -0.393. The second-order valence-electron chi connectivity index (χ2n) is 5.16. The number of hydrogen-bond acceptors (Lipinski definition) is 4. The molecule has 2 amide bonds. The molecule has 8 heteroatoms. The number of nitrogens with one attached hydrogen (secondary N) is 1. The standard InChI is InChI=1S/C18H12I2N2O3S/c1-25-15-11(7-12(19)9-13(15)20)8-14-17(24)22-18(26-14)21-16(23)10-5-3-2-4-6-10/h2-9H,1H3,(H,21,22,23,24)/b14-8-. The fourth-order valence-corrected chi connectivity index (χ4v) is 5.18. The molecule has 1 aliphatic heterocycles. The first-order chi connectivity index (χ1) is 12.5. The minimum absolute atomic E-state index is 0.273. The number of carbonyl (C=O) groups is 2. The highest BCUT2D eigenvalue weighted by Crippen LogP contribution is 2.33. The van der Waals surface area contributed by atoms with Gasteiger partial charge in [0, 0.05) is 14.7 Å². The van der Waals surface area contributed by atoms with Crippen molar-refractivity contribution in [3.05, 3.63) is 65.6 Å². The summed E-state index contributed by atoms with van der Waals surface area (Å²) in [5.74, 6) is 0.0271. The highest BCUT2D eigenvalue weighted by Gasteiger charge is 2.25. The number of benzene rings is 2. The number of carbonyl (C=O) groups excluding carboxylic acids is 2. The van der Waals surface area contributed by atoms with E-state index >= 15 is 0 Å². The lowest BCUT2D eigenvalue weighted by Crippen LogP contribution is -2.20. The summed E-state index contributed by atoms with van der Waals surface area (Å²) in [6.45, 7) is 0. The van der Waals surface area contributed by atoms with Crippen LogP contribution in [-0.2, 0) is 4.79 Å². The maximum Gasteiger partial charge on any atom is 0.279 e. The van der Waals surface area contributed by atoms with Crippen LogP contribution in [0.4, 0.5) is 0 Å². The van der Waals surface area contributed by atoms with Crippen LogP contribution in [0, 0.1) is 7.14 Å². The van der Waals surface area contributed by atoms with E-state index in [1.807, 2.05) is 18.2 Å². The van der Waals surface area contributed by atoms with Crippen LogP contribution >= 0.6 is 56.9 Å². The molecule has 1 fully saturated rings. The summed E-state index contributed by atoms with van der Waals surface area (Å²) in [7, 11) is 1.60. The molecular weight excluding hydrogens is 578 g/mol. The molecule has 26 heavy (non-hydrogen) atoms. The molecule has 0 aliphatic carbocycles. The number of amides is 2. The minimum Gasteiger partial charge on any atom is -0.495 e. The highest BCUT2D eigenvalue weighted by atomic mass is 127. The van der Waals surface area contributed by atoms with Crippen molar-refractivity contribution in [1.82, 2.24) is 5.32 Å². The molecule has 1 saturated heterocycles. The molecule has 0 aromatic heterocycles. The van der Waals surface area contributed by atoms with Gasteiger partial charge >= 0.3 is 0 Å². The lowest BCUT2D eigenvalue weighted by molar-refractivity contribution is -0.115. The summed E-state index contributed by atoms with van der Waals surface area (Å²) in [6, 6.07) is 12.7. The van der Waals surface area contributed by atoms with Crippen molar-refractivity contribution in [2.45, 2.75) is 0 Å². The molecule has 0 unspecified atom stereocenters. The maximum atomic E-state index is 12.2. The first-order valence-corrected chi connectivity index (χ1v) is 10.4. The largest absolute Gasteiger partial charge is 0.495 e. The smallest absolute Gasteiger partial charge is 0.279 e. The fourth-order valence-electron chi connectivity index (χ4n) is 2.26. The van der Waals surface area contributed by atoms with Crippen LogP contribution in [-0.4, -0.2) is 24.1 Å². The van der Waals surface area contributed by atoms with E-state index in [4.69, 9.17) is 4.74 Å². The summed E-state index contributed by atoms with van der Waals surface area (Å²) >= 11 is 5.55. The van der Waals surface area contributed by atoms with Crippen LogP contribution in [0.5, 0.6) is 5.75 Å². The van der Waals surface area contributed by atoms with Crippen molar-refractivity contribution >= 4 is 80.0 Å². The van der Waals surface area contributed by atoms with Crippen LogP contribution in [0.3, 0.4) is 0 Å². The number of thioether (sulfide) groups is 1. The zero-order valence-corrected chi connectivity index (χ0v) is 18.6. The molecule has 2 aromatic rings. The zero-order chi connectivity index (χ0) is 18.7. The number of nitrogens with zero attached hydrogens (tertiary/aromatic N) is 1. The summed E-state index contributed by atoms with van der Waals surface area (Å²) < 4.78 is 7.44. The topological polar surface area (TPSA) is 67.8 Å². The Balaban J connectivity index is 1.88. The Morgan fingerprint density at radius 3 is 2.65 bits per heavy atom. The predicted octanol–water partition coefficient (Wildman–Crippen LogP) is 4.30. The molecule has 0 saturated carbocycles. The Bertz CT molecular complexity index is 943. The van der Waals surface area contributed by atoms with Crippen molar-refractivity contribution < 1.29 is 14.3 Å². The van der Waals surface area contributed by atoms with Crippen molar-refractivity contribution in [3.63, 3.8) is 0 Å². The van der Waals surface area contributed by atoms with E-state index in [1.165, 1.54) is 0 Å². The Labute approximate surface area is 182 Å². The number of ether oxygens (including phenoxy) is 1. The average molecular weight is 590 g/mol. The molecule has 0 spiro atoms. The zero-order valence-electron chi connectivity index (χ0n) is 13.5. The third-order valence-electron chi connectivity index (χ3n) is 3.40. The molecule has 5 nitrogen and oxygen atoms in total.